The molecule has 0 atom stereocenters. The second-order valence-corrected chi connectivity index (χ2v) is 10.1. The molecule has 0 fully saturated rings. The Morgan fingerprint density at radius 3 is 1.43 bits per heavy atom. The predicted molar refractivity (Wildman–Crippen MR) is 91.2 cm³/mol. The van der Waals surface area contributed by atoms with Gasteiger partial charge in [0.05, 0.1) is 0 Å². The molecule has 0 aliphatic rings. The summed E-state index contributed by atoms with van der Waals surface area (Å²) in [5.74, 6) is 3.37. The summed E-state index contributed by atoms with van der Waals surface area (Å²) in [5, 5.41) is 0. The molecule has 0 saturated heterocycles. The zero-order valence-electron chi connectivity index (χ0n) is 11.6. The van der Waals surface area contributed by atoms with Crippen molar-refractivity contribution in [3.8, 4) is 9.79 Å². The van der Waals surface area contributed by atoms with Gasteiger partial charge < -0.3 is 0 Å². The number of rotatable bonds is 2. The third kappa shape index (κ3) is 3.78. The Kier molecular flexibility index (Phi) is 4.77. The van der Waals surface area contributed by atoms with Crippen LogP contribution in [0.5, 0.6) is 0 Å². The van der Waals surface area contributed by atoms with Gasteiger partial charge in [-0.05, 0) is 0 Å². The van der Waals surface area contributed by atoms with E-state index < -0.39 is 20.2 Å². The molecule has 3 aromatic rings. The fraction of sp³-hybridized carbons (Fsp3) is 0. The Labute approximate surface area is 133 Å². The third-order valence-electron chi connectivity index (χ3n) is 3.11. The molecule has 0 aliphatic heterocycles. The van der Waals surface area contributed by atoms with Gasteiger partial charge in [-0.2, -0.15) is 0 Å². The van der Waals surface area contributed by atoms with Crippen molar-refractivity contribution in [1.82, 2.24) is 0 Å². The van der Waals surface area contributed by atoms with Gasteiger partial charge in [0.2, 0.25) is 0 Å². The van der Waals surface area contributed by atoms with Gasteiger partial charge in [-0.15, -0.1) is 0 Å². The molecule has 0 aliphatic carbocycles. The predicted octanol–water partition coefficient (Wildman–Crippen LogP) is 2.89. The van der Waals surface area contributed by atoms with Crippen LogP contribution >= 0.6 is 0 Å². The molecule has 0 spiro atoms. The Hall–Kier alpha value is -1.96. The van der Waals surface area contributed by atoms with Gasteiger partial charge in [0, 0.05) is 0 Å². The Morgan fingerprint density at radius 1 is 0.524 bits per heavy atom. The van der Waals surface area contributed by atoms with Crippen molar-refractivity contribution in [1.29, 1.82) is 0 Å². The molecule has 0 aromatic heterocycles. The molecule has 0 radical (unpaired) electrons. The summed E-state index contributed by atoms with van der Waals surface area (Å²) < 4.78 is 6.43. The third-order valence-corrected chi connectivity index (χ3v) is 8.72. The maximum absolute atomic E-state index is 3.60. The van der Waals surface area contributed by atoms with E-state index in [0.29, 0.717) is 0 Å². The molecule has 100 valence electrons. The summed E-state index contributed by atoms with van der Waals surface area (Å²) in [7, 11) is 0. The van der Waals surface area contributed by atoms with Crippen LogP contribution in [0.25, 0.3) is 0 Å². The van der Waals surface area contributed by atoms with Crippen LogP contribution in [-0.2, 0) is 0 Å². The van der Waals surface area contributed by atoms with Crippen LogP contribution in [0.2, 0.25) is 0 Å². The Morgan fingerprint density at radius 2 is 0.952 bits per heavy atom. The first kappa shape index (κ1) is 14.0. The molecule has 0 N–H and O–H groups in total. The standard InChI is InChI=1S/C8H5.2C6H5.Sb/c1-2-8-6-4-3-5-7-8;2*1-2-4-6-5-3-1;/h3-7H;2*1-5H;. The summed E-state index contributed by atoms with van der Waals surface area (Å²) in [6.45, 7) is 0. The molecule has 0 amide bonds. The van der Waals surface area contributed by atoms with Crippen molar-refractivity contribution in [2.24, 2.45) is 0 Å². The molecular weight excluding hydrogens is 362 g/mol. The van der Waals surface area contributed by atoms with Gasteiger partial charge >= 0.3 is 134 Å². The van der Waals surface area contributed by atoms with Crippen LogP contribution < -0.4 is 7.02 Å². The van der Waals surface area contributed by atoms with Gasteiger partial charge in [-0.3, -0.25) is 0 Å². The average molecular weight is 377 g/mol. The van der Waals surface area contributed by atoms with E-state index in [1.807, 2.05) is 18.2 Å². The zero-order valence-corrected chi connectivity index (χ0v) is 14.2. The van der Waals surface area contributed by atoms with Crippen molar-refractivity contribution in [3.63, 3.8) is 0 Å². The first-order chi connectivity index (χ1) is 10.4. The molecule has 21 heavy (non-hydrogen) atoms. The molecule has 3 aromatic carbocycles. The molecule has 0 unspecified atom stereocenters. The van der Waals surface area contributed by atoms with E-state index in [2.05, 4.69) is 82.6 Å². The van der Waals surface area contributed by atoms with Gasteiger partial charge in [0.15, 0.2) is 0 Å². The van der Waals surface area contributed by atoms with E-state index in [-0.39, 0.29) is 0 Å². The molecule has 0 saturated carbocycles. The van der Waals surface area contributed by atoms with Gasteiger partial charge in [-0.1, -0.05) is 0 Å². The van der Waals surface area contributed by atoms with E-state index >= 15 is 0 Å². The van der Waals surface area contributed by atoms with E-state index in [1.165, 1.54) is 7.02 Å². The topological polar surface area (TPSA) is 0 Å². The number of benzene rings is 3. The SMILES string of the molecule is C(#[C][Sb]([c]1ccccc1)[c]1ccccc1)c1ccccc1. The molecule has 0 nitrogen and oxygen atoms in total. The summed E-state index contributed by atoms with van der Waals surface area (Å²) in [4.78, 5) is 0. The zero-order chi connectivity index (χ0) is 14.3. The summed E-state index contributed by atoms with van der Waals surface area (Å²) in [6, 6.07) is 31.7. The quantitative estimate of drug-likeness (QED) is 0.476. The normalized spacial score (nSPS) is 9.95. The minimum atomic E-state index is -1.99. The van der Waals surface area contributed by atoms with Crippen molar-refractivity contribution in [2.45, 2.75) is 0 Å². The van der Waals surface area contributed by atoms with E-state index in [1.54, 1.807) is 0 Å². The minimum absolute atomic E-state index is 1.10. The van der Waals surface area contributed by atoms with E-state index in [4.69, 9.17) is 0 Å². The van der Waals surface area contributed by atoms with Crippen LogP contribution in [0.3, 0.4) is 0 Å². The van der Waals surface area contributed by atoms with Crippen molar-refractivity contribution in [2.75, 3.05) is 0 Å². The average Bonchev–Trinajstić information content (AvgIpc) is 2.58. The molecule has 0 bridgehead atoms. The fourth-order valence-electron chi connectivity index (χ4n) is 2.07. The summed E-state index contributed by atoms with van der Waals surface area (Å²) in [5.41, 5.74) is 1.10. The fourth-order valence-corrected chi connectivity index (χ4v) is 7.03. The van der Waals surface area contributed by atoms with Crippen molar-refractivity contribution >= 4 is 27.2 Å². The van der Waals surface area contributed by atoms with E-state index in [0.717, 1.165) is 5.56 Å². The molecule has 1 heteroatoms. The van der Waals surface area contributed by atoms with Gasteiger partial charge in [0.25, 0.3) is 0 Å². The van der Waals surface area contributed by atoms with Crippen LogP contribution in [0, 0.1) is 9.79 Å². The Balaban J connectivity index is 2.00. The first-order valence-electron chi connectivity index (χ1n) is 6.90. The van der Waals surface area contributed by atoms with Crippen LogP contribution in [0.15, 0.2) is 91.0 Å². The summed E-state index contributed by atoms with van der Waals surface area (Å²) >= 11 is -1.99. The maximum atomic E-state index is 3.60. The van der Waals surface area contributed by atoms with Crippen molar-refractivity contribution in [3.05, 3.63) is 96.6 Å². The summed E-state index contributed by atoms with van der Waals surface area (Å²) in [6.07, 6.45) is 0. The molecule has 0 heterocycles. The second kappa shape index (κ2) is 7.16. The van der Waals surface area contributed by atoms with Crippen molar-refractivity contribution < 1.29 is 0 Å². The van der Waals surface area contributed by atoms with Crippen LogP contribution in [-0.4, -0.2) is 20.2 Å². The monoisotopic (exact) mass is 376 g/mol. The Bertz CT molecular complexity index is 698. The number of hydrogen-bond donors (Lipinski definition) is 0. The number of hydrogen-bond acceptors (Lipinski definition) is 0. The van der Waals surface area contributed by atoms with Crippen LogP contribution in [0.1, 0.15) is 5.56 Å². The van der Waals surface area contributed by atoms with Gasteiger partial charge in [-0.25, -0.2) is 0 Å². The molecular formula is C20H15Sb. The first-order valence-corrected chi connectivity index (χ1v) is 10.7. The van der Waals surface area contributed by atoms with Gasteiger partial charge in [0.1, 0.15) is 0 Å². The second-order valence-electron chi connectivity index (χ2n) is 4.61. The van der Waals surface area contributed by atoms with Crippen LogP contribution in [0.4, 0.5) is 0 Å². The van der Waals surface area contributed by atoms with E-state index in [9.17, 15) is 0 Å². The molecule has 3 rings (SSSR count).